The molecule has 4 rings (SSSR count). The van der Waals surface area contributed by atoms with Gasteiger partial charge < -0.3 is 15.1 Å². The highest BCUT2D eigenvalue weighted by atomic mass is 16.2. The van der Waals surface area contributed by atoms with E-state index >= 15 is 0 Å². The number of anilines is 2. The molecule has 0 atom stereocenters. The summed E-state index contributed by atoms with van der Waals surface area (Å²) in [7, 11) is 0. The van der Waals surface area contributed by atoms with E-state index in [1.165, 1.54) is 6.42 Å². The minimum atomic E-state index is -0.172. The highest BCUT2D eigenvalue weighted by Crippen LogP contribution is 2.29. The summed E-state index contributed by atoms with van der Waals surface area (Å²) < 4.78 is 0. The molecule has 0 saturated carbocycles. The van der Waals surface area contributed by atoms with Crippen molar-refractivity contribution in [1.82, 2.24) is 4.90 Å². The molecule has 3 aromatic carbocycles. The Morgan fingerprint density at radius 1 is 0.875 bits per heavy atom. The molecule has 0 aliphatic carbocycles. The van der Waals surface area contributed by atoms with E-state index in [1.54, 1.807) is 0 Å². The van der Waals surface area contributed by atoms with Crippen LogP contribution in [0.5, 0.6) is 0 Å². The Balaban J connectivity index is 1.67. The van der Waals surface area contributed by atoms with E-state index in [1.807, 2.05) is 79.4 Å². The Bertz CT molecular complexity index is 1110. The number of nitrogens with zero attached hydrogens (tertiary/aromatic N) is 2. The summed E-state index contributed by atoms with van der Waals surface area (Å²) in [6.45, 7) is 7.21. The second kappa shape index (κ2) is 9.86. The van der Waals surface area contributed by atoms with Crippen LogP contribution in [0.4, 0.5) is 11.4 Å². The minimum absolute atomic E-state index is 0.0110. The lowest BCUT2D eigenvalue weighted by atomic mass is 10.0. The van der Waals surface area contributed by atoms with Gasteiger partial charge in [0.15, 0.2) is 0 Å². The minimum Gasteiger partial charge on any atom is -0.371 e. The molecule has 5 nitrogen and oxygen atoms in total. The number of carbonyl (C=O) groups excluding carboxylic acids is 2. The second-order valence-corrected chi connectivity index (χ2v) is 8.24. The third-order valence-corrected chi connectivity index (χ3v) is 6.27. The van der Waals surface area contributed by atoms with Gasteiger partial charge in [0.05, 0.1) is 5.56 Å². The summed E-state index contributed by atoms with van der Waals surface area (Å²) in [6.07, 6.45) is 3.51. The molecule has 0 bridgehead atoms. The quantitative estimate of drug-likeness (QED) is 0.558. The summed E-state index contributed by atoms with van der Waals surface area (Å²) >= 11 is 0. The molecule has 2 amide bonds. The van der Waals surface area contributed by atoms with Crippen LogP contribution >= 0.6 is 0 Å². The van der Waals surface area contributed by atoms with Crippen molar-refractivity contribution < 1.29 is 9.59 Å². The number of carbonyl (C=O) groups is 2. The van der Waals surface area contributed by atoms with Crippen molar-refractivity contribution in [1.29, 1.82) is 0 Å². The van der Waals surface area contributed by atoms with Crippen LogP contribution in [0.2, 0.25) is 0 Å². The van der Waals surface area contributed by atoms with Gasteiger partial charge in [0.2, 0.25) is 0 Å². The standard InChI is InChI=1S/C27H31N3O2/c1-3-29(4-2)27(32)24-19-21(15-16-25(24)30-17-8-5-9-18-30)28-26(31)23-14-10-12-20-11-6-7-13-22(20)23/h6-7,10-16,19H,3-5,8-9,17-18H2,1-2H3,(H,28,31). The monoisotopic (exact) mass is 429 g/mol. The van der Waals surface area contributed by atoms with Crippen molar-refractivity contribution in [2.75, 3.05) is 36.4 Å². The number of hydrogen-bond donors (Lipinski definition) is 1. The summed E-state index contributed by atoms with van der Waals surface area (Å²) in [6, 6.07) is 19.3. The van der Waals surface area contributed by atoms with Crippen molar-refractivity contribution in [3.8, 4) is 0 Å². The third kappa shape index (κ3) is 4.47. The van der Waals surface area contributed by atoms with Crippen LogP contribution in [0.15, 0.2) is 60.7 Å². The number of benzene rings is 3. The predicted octanol–water partition coefficient (Wildman–Crippen LogP) is 5.56. The molecule has 0 spiro atoms. The van der Waals surface area contributed by atoms with Crippen molar-refractivity contribution in [3.63, 3.8) is 0 Å². The fourth-order valence-corrected chi connectivity index (χ4v) is 4.50. The maximum Gasteiger partial charge on any atom is 0.256 e. The molecule has 166 valence electrons. The lowest BCUT2D eigenvalue weighted by molar-refractivity contribution is 0.0773. The Morgan fingerprint density at radius 3 is 2.34 bits per heavy atom. The number of piperidine rings is 1. The number of rotatable bonds is 6. The Kier molecular flexibility index (Phi) is 6.74. The van der Waals surface area contributed by atoms with Gasteiger partial charge in [-0.1, -0.05) is 36.4 Å². The average molecular weight is 430 g/mol. The first-order valence-corrected chi connectivity index (χ1v) is 11.6. The molecule has 1 N–H and O–H groups in total. The topological polar surface area (TPSA) is 52.7 Å². The molecule has 5 heteroatoms. The summed E-state index contributed by atoms with van der Waals surface area (Å²) in [5.74, 6) is -0.161. The molecule has 1 fully saturated rings. The van der Waals surface area contributed by atoms with Gasteiger partial charge in [-0.3, -0.25) is 9.59 Å². The van der Waals surface area contributed by atoms with E-state index < -0.39 is 0 Å². The predicted molar refractivity (Wildman–Crippen MR) is 132 cm³/mol. The number of hydrogen-bond acceptors (Lipinski definition) is 3. The number of amides is 2. The van der Waals surface area contributed by atoms with E-state index in [0.29, 0.717) is 29.9 Å². The molecule has 1 saturated heterocycles. The molecule has 0 radical (unpaired) electrons. The zero-order valence-corrected chi connectivity index (χ0v) is 18.9. The van der Waals surface area contributed by atoms with Crippen LogP contribution in [0, 0.1) is 0 Å². The van der Waals surface area contributed by atoms with Gasteiger partial charge in [0.1, 0.15) is 0 Å². The van der Waals surface area contributed by atoms with Gasteiger partial charge in [-0.05, 0) is 68.1 Å². The smallest absolute Gasteiger partial charge is 0.256 e. The lowest BCUT2D eigenvalue weighted by Crippen LogP contribution is -2.35. The van der Waals surface area contributed by atoms with Gasteiger partial charge in [0.25, 0.3) is 11.8 Å². The first-order chi connectivity index (χ1) is 15.6. The van der Waals surface area contributed by atoms with E-state index in [4.69, 9.17) is 0 Å². The SMILES string of the molecule is CCN(CC)C(=O)c1cc(NC(=O)c2cccc3ccccc23)ccc1N1CCCCC1. The molecule has 1 heterocycles. The van der Waals surface area contributed by atoms with Gasteiger partial charge in [0, 0.05) is 43.1 Å². The first kappa shape index (κ1) is 21.9. The summed E-state index contributed by atoms with van der Waals surface area (Å²) in [5.41, 5.74) is 2.88. The van der Waals surface area contributed by atoms with Gasteiger partial charge >= 0.3 is 0 Å². The zero-order chi connectivity index (χ0) is 22.5. The molecular formula is C27H31N3O2. The number of fused-ring (bicyclic) bond motifs is 1. The molecule has 0 unspecified atom stereocenters. The molecule has 0 aromatic heterocycles. The summed E-state index contributed by atoms with van der Waals surface area (Å²) in [4.78, 5) is 30.6. The highest BCUT2D eigenvalue weighted by molar-refractivity contribution is 6.13. The van der Waals surface area contributed by atoms with E-state index in [9.17, 15) is 9.59 Å². The van der Waals surface area contributed by atoms with Crippen LogP contribution < -0.4 is 10.2 Å². The number of nitrogens with one attached hydrogen (secondary N) is 1. The Morgan fingerprint density at radius 2 is 1.59 bits per heavy atom. The van der Waals surface area contributed by atoms with Crippen molar-refractivity contribution in [3.05, 3.63) is 71.8 Å². The fraction of sp³-hybridized carbons (Fsp3) is 0.333. The van der Waals surface area contributed by atoms with Gasteiger partial charge in [-0.25, -0.2) is 0 Å². The molecule has 1 aliphatic rings. The van der Waals surface area contributed by atoms with Crippen LogP contribution in [0.25, 0.3) is 10.8 Å². The third-order valence-electron chi connectivity index (χ3n) is 6.27. The van der Waals surface area contributed by atoms with Crippen molar-refractivity contribution in [2.45, 2.75) is 33.1 Å². The van der Waals surface area contributed by atoms with Gasteiger partial charge in [-0.15, -0.1) is 0 Å². The molecule has 32 heavy (non-hydrogen) atoms. The van der Waals surface area contributed by atoms with Crippen LogP contribution in [0.3, 0.4) is 0 Å². The van der Waals surface area contributed by atoms with Crippen LogP contribution in [-0.4, -0.2) is 42.9 Å². The molecular weight excluding hydrogens is 398 g/mol. The highest BCUT2D eigenvalue weighted by Gasteiger charge is 2.22. The molecule has 1 aliphatic heterocycles. The molecule has 3 aromatic rings. The van der Waals surface area contributed by atoms with Crippen LogP contribution in [-0.2, 0) is 0 Å². The van der Waals surface area contributed by atoms with Gasteiger partial charge in [-0.2, -0.15) is 0 Å². The Hall–Kier alpha value is -3.34. The summed E-state index contributed by atoms with van der Waals surface area (Å²) in [5, 5.41) is 4.96. The second-order valence-electron chi connectivity index (χ2n) is 8.24. The maximum atomic E-state index is 13.3. The maximum absolute atomic E-state index is 13.3. The Labute approximate surface area is 190 Å². The largest absolute Gasteiger partial charge is 0.371 e. The average Bonchev–Trinajstić information content (AvgIpc) is 2.84. The fourth-order valence-electron chi connectivity index (χ4n) is 4.50. The van der Waals surface area contributed by atoms with Crippen molar-refractivity contribution in [2.24, 2.45) is 0 Å². The lowest BCUT2D eigenvalue weighted by Gasteiger charge is -2.31. The first-order valence-electron chi connectivity index (χ1n) is 11.6. The van der Waals surface area contributed by atoms with E-state index in [-0.39, 0.29) is 11.8 Å². The normalized spacial score (nSPS) is 13.8. The van der Waals surface area contributed by atoms with E-state index in [2.05, 4.69) is 10.2 Å². The zero-order valence-electron chi connectivity index (χ0n) is 18.9. The van der Waals surface area contributed by atoms with Crippen molar-refractivity contribution >= 4 is 34.0 Å². The van der Waals surface area contributed by atoms with Crippen LogP contribution in [0.1, 0.15) is 53.8 Å². The van der Waals surface area contributed by atoms with E-state index in [0.717, 1.165) is 42.4 Å².